The van der Waals surface area contributed by atoms with Gasteiger partial charge in [-0.3, -0.25) is 20.4 Å². The molecular weight excluding hydrogens is 400 g/mol. The zero-order valence-corrected chi connectivity index (χ0v) is 17.4. The highest BCUT2D eigenvalue weighted by Gasteiger charge is 2.12. The van der Waals surface area contributed by atoms with Crippen LogP contribution in [0.2, 0.25) is 5.02 Å². The first-order valence-corrected chi connectivity index (χ1v) is 10.3. The lowest BCUT2D eigenvalue weighted by molar-refractivity contribution is -0.119. The minimum absolute atomic E-state index is 0.218. The molecule has 0 atom stereocenters. The number of amides is 2. The second-order valence-electron chi connectivity index (χ2n) is 5.84. The van der Waals surface area contributed by atoms with Crippen molar-refractivity contribution >= 4 is 35.2 Å². The van der Waals surface area contributed by atoms with Crippen LogP contribution in [0.1, 0.15) is 29.3 Å². The normalized spacial score (nSPS) is 10.2. The van der Waals surface area contributed by atoms with Crippen molar-refractivity contribution in [3.05, 3.63) is 58.6 Å². The third-order valence-corrected chi connectivity index (χ3v) is 4.87. The number of halogens is 1. The van der Waals surface area contributed by atoms with Gasteiger partial charge >= 0.3 is 0 Å². The Bertz CT molecular complexity index is 799. The quantitative estimate of drug-likeness (QED) is 0.600. The maximum absolute atomic E-state index is 12.2. The summed E-state index contributed by atoms with van der Waals surface area (Å²) in [6.07, 6.45) is 0.869. The second-order valence-corrected chi connectivity index (χ2v) is 7.26. The van der Waals surface area contributed by atoms with Gasteiger partial charge in [0, 0.05) is 16.3 Å². The molecule has 2 rings (SSSR count). The van der Waals surface area contributed by atoms with Crippen molar-refractivity contribution in [2.24, 2.45) is 0 Å². The van der Waals surface area contributed by atoms with E-state index in [9.17, 15) is 9.59 Å². The molecule has 0 spiro atoms. The summed E-state index contributed by atoms with van der Waals surface area (Å²) in [5.41, 5.74) is 6.24. The Morgan fingerprint density at radius 3 is 2.50 bits per heavy atom. The molecular formula is C20H23ClN2O4S. The fourth-order valence-corrected chi connectivity index (χ4v) is 3.13. The summed E-state index contributed by atoms with van der Waals surface area (Å²) in [4.78, 5) is 24.1. The topological polar surface area (TPSA) is 76.7 Å². The van der Waals surface area contributed by atoms with Gasteiger partial charge in [-0.05, 0) is 42.3 Å². The summed E-state index contributed by atoms with van der Waals surface area (Å²) in [6.45, 7) is 2.57. The molecule has 2 aromatic rings. The molecule has 0 bridgehead atoms. The number of hydrazine groups is 1. The maximum Gasteiger partial charge on any atom is 0.269 e. The largest absolute Gasteiger partial charge is 0.493 e. The van der Waals surface area contributed by atoms with Gasteiger partial charge in [-0.15, -0.1) is 11.8 Å². The van der Waals surface area contributed by atoms with E-state index in [2.05, 4.69) is 10.9 Å². The summed E-state index contributed by atoms with van der Waals surface area (Å²) in [5, 5.41) is 0.677. The van der Waals surface area contributed by atoms with Crippen molar-refractivity contribution in [1.29, 1.82) is 0 Å². The van der Waals surface area contributed by atoms with Crippen LogP contribution >= 0.6 is 23.4 Å². The van der Waals surface area contributed by atoms with Crippen LogP contribution in [0.4, 0.5) is 0 Å². The molecule has 0 aliphatic heterocycles. The number of hydrogen-bond donors (Lipinski definition) is 2. The maximum atomic E-state index is 12.2. The van der Waals surface area contributed by atoms with Crippen molar-refractivity contribution < 1.29 is 19.1 Å². The minimum atomic E-state index is -0.434. The standard InChI is InChI=1S/C20H23ClN2O4S/c1-3-10-27-17-9-6-15(11-18(17)26-2)20(25)23-22-19(24)13-28-12-14-4-7-16(21)8-5-14/h4-9,11H,3,10,12-13H2,1-2H3,(H,22,24)(H,23,25). The van der Waals surface area contributed by atoms with Crippen LogP contribution in [0, 0.1) is 0 Å². The summed E-state index contributed by atoms with van der Waals surface area (Å²) >= 11 is 7.28. The van der Waals surface area contributed by atoms with Gasteiger partial charge in [0.1, 0.15) is 0 Å². The summed E-state index contributed by atoms with van der Waals surface area (Å²) in [7, 11) is 1.51. The van der Waals surface area contributed by atoms with Gasteiger partial charge < -0.3 is 9.47 Å². The smallest absolute Gasteiger partial charge is 0.269 e. The van der Waals surface area contributed by atoms with Crippen LogP contribution in [0.5, 0.6) is 11.5 Å². The Morgan fingerprint density at radius 1 is 1.07 bits per heavy atom. The molecule has 0 fully saturated rings. The van der Waals surface area contributed by atoms with E-state index in [0.29, 0.717) is 34.4 Å². The molecule has 0 aliphatic carbocycles. The summed E-state index contributed by atoms with van der Waals surface area (Å²) in [5.74, 6) is 1.21. The number of thioether (sulfide) groups is 1. The van der Waals surface area contributed by atoms with Crippen molar-refractivity contribution in [3.8, 4) is 11.5 Å². The molecule has 0 radical (unpaired) electrons. The summed E-state index contributed by atoms with van der Waals surface area (Å²) < 4.78 is 10.8. The lowest BCUT2D eigenvalue weighted by atomic mass is 10.2. The minimum Gasteiger partial charge on any atom is -0.493 e. The molecule has 28 heavy (non-hydrogen) atoms. The Labute approximate surface area is 173 Å². The number of hydrogen-bond acceptors (Lipinski definition) is 5. The van der Waals surface area contributed by atoms with E-state index in [0.717, 1.165) is 12.0 Å². The van der Waals surface area contributed by atoms with Crippen LogP contribution in [0.15, 0.2) is 42.5 Å². The van der Waals surface area contributed by atoms with E-state index < -0.39 is 5.91 Å². The highest BCUT2D eigenvalue weighted by Crippen LogP contribution is 2.28. The highest BCUT2D eigenvalue weighted by atomic mass is 35.5. The molecule has 6 nitrogen and oxygen atoms in total. The van der Waals surface area contributed by atoms with E-state index in [4.69, 9.17) is 21.1 Å². The van der Waals surface area contributed by atoms with Crippen LogP contribution < -0.4 is 20.3 Å². The van der Waals surface area contributed by atoms with Crippen molar-refractivity contribution in [2.75, 3.05) is 19.5 Å². The number of benzene rings is 2. The van der Waals surface area contributed by atoms with E-state index in [1.165, 1.54) is 18.9 Å². The molecule has 0 saturated carbocycles. The van der Waals surface area contributed by atoms with Crippen LogP contribution in [-0.4, -0.2) is 31.3 Å². The van der Waals surface area contributed by atoms with Crippen molar-refractivity contribution in [1.82, 2.24) is 10.9 Å². The third-order valence-electron chi connectivity index (χ3n) is 3.62. The molecule has 2 amide bonds. The SMILES string of the molecule is CCCOc1ccc(C(=O)NNC(=O)CSCc2ccc(Cl)cc2)cc1OC. The van der Waals surface area contributed by atoms with Gasteiger partial charge in [0.25, 0.3) is 5.91 Å². The molecule has 150 valence electrons. The summed E-state index contributed by atoms with van der Waals surface area (Å²) in [6, 6.07) is 12.3. The van der Waals surface area contributed by atoms with Gasteiger partial charge in [-0.25, -0.2) is 0 Å². The molecule has 0 heterocycles. The fourth-order valence-electron chi connectivity index (χ4n) is 2.22. The zero-order valence-electron chi connectivity index (χ0n) is 15.8. The number of carbonyl (C=O) groups excluding carboxylic acids is 2. The monoisotopic (exact) mass is 422 g/mol. The van der Waals surface area contributed by atoms with Gasteiger partial charge in [-0.2, -0.15) is 0 Å². The van der Waals surface area contributed by atoms with E-state index >= 15 is 0 Å². The fraction of sp³-hybridized carbons (Fsp3) is 0.300. The zero-order chi connectivity index (χ0) is 20.4. The van der Waals surface area contributed by atoms with Crippen LogP contribution in [0.25, 0.3) is 0 Å². The van der Waals surface area contributed by atoms with E-state index in [1.54, 1.807) is 18.2 Å². The predicted octanol–water partition coefficient (Wildman–Crippen LogP) is 3.83. The average molecular weight is 423 g/mol. The van der Waals surface area contributed by atoms with Gasteiger partial charge in [0.05, 0.1) is 19.5 Å². The number of methoxy groups -OCH3 is 1. The first-order chi connectivity index (χ1) is 13.5. The first-order valence-electron chi connectivity index (χ1n) is 8.75. The number of ether oxygens (including phenoxy) is 2. The lowest BCUT2D eigenvalue weighted by Gasteiger charge is -2.12. The molecule has 0 saturated heterocycles. The molecule has 0 unspecified atom stereocenters. The second kappa shape index (κ2) is 11.5. The lowest BCUT2D eigenvalue weighted by Crippen LogP contribution is -2.42. The Hall–Kier alpha value is -2.38. The highest BCUT2D eigenvalue weighted by molar-refractivity contribution is 7.99. The average Bonchev–Trinajstić information content (AvgIpc) is 2.71. The number of rotatable bonds is 9. The molecule has 2 aromatic carbocycles. The van der Waals surface area contributed by atoms with E-state index in [-0.39, 0.29) is 11.7 Å². The first kappa shape index (κ1) is 21.9. The van der Waals surface area contributed by atoms with E-state index in [1.807, 2.05) is 31.2 Å². The molecule has 0 aromatic heterocycles. The Balaban J connectivity index is 1.79. The molecule has 2 N–H and O–H groups in total. The Morgan fingerprint density at radius 2 is 1.82 bits per heavy atom. The van der Waals surface area contributed by atoms with Crippen molar-refractivity contribution in [2.45, 2.75) is 19.1 Å². The van der Waals surface area contributed by atoms with Crippen LogP contribution in [0.3, 0.4) is 0 Å². The van der Waals surface area contributed by atoms with Gasteiger partial charge in [0.2, 0.25) is 5.91 Å². The van der Waals surface area contributed by atoms with Gasteiger partial charge in [-0.1, -0.05) is 30.7 Å². The third kappa shape index (κ3) is 6.98. The molecule has 0 aliphatic rings. The van der Waals surface area contributed by atoms with Crippen LogP contribution in [-0.2, 0) is 10.5 Å². The predicted molar refractivity (Wildman–Crippen MR) is 112 cm³/mol. The molecule has 8 heteroatoms. The number of carbonyl (C=O) groups is 2. The van der Waals surface area contributed by atoms with Crippen molar-refractivity contribution in [3.63, 3.8) is 0 Å². The van der Waals surface area contributed by atoms with Gasteiger partial charge in [0.15, 0.2) is 11.5 Å². The Kier molecular flexibility index (Phi) is 8.97. The number of nitrogens with one attached hydrogen (secondary N) is 2.